The molecule has 2 aromatic heterocycles. The lowest BCUT2D eigenvalue weighted by molar-refractivity contribution is 0.125. The van der Waals surface area contributed by atoms with Gasteiger partial charge in [-0.2, -0.15) is 8.78 Å². The van der Waals surface area contributed by atoms with E-state index < -0.39 is 18.0 Å². The Balaban J connectivity index is 0.000000185. The summed E-state index contributed by atoms with van der Waals surface area (Å²) in [6.07, 6.45) is -0.151. The zero-order valence-electron chi connectivity index (χ0n) is 25.5. The Hall–Kier alpha value is -2.71. The molecule has 0 aliphatic carbocycles. The summed E-state index contributed by atoms with van der Waals surface area (Å²) in [4.78, 5) is 13.9. The molecular weight excluding hydrogens is 683 g/mol. The average molecular weight is 720 g/mol. The number of aliphatic hydroxyl groups is 1. The third-order valence-corrected chi connectivity index (χ3v) is 8.50. The van der Waals surface area contributed by atoms with Crippen molar-refractivity contribution in [3.8, 4) is 0 Å². The van der Waals surface area contributed by atoms with Gasteiger partial charge in [0.15, 0.2) is 0 Å². The Morgan fingerprint density at radius 2 is 1.28 bits per heavy atom. The minimum atomic E-state index is -0.570. The van der Waals surface area contributed by atoms with Gasteiger partial charge in [-0.1, -0.05) is 12.1 Å². The highest BCUT2D eigenvalue weighted by Crippen LogP contribution is 2.28. The summed E-state index contributed by atoms with van der Waals surface area (Å²) < 4.78 is 58.9. The Bertz CT molecular complexity index is 1610. The van der Waals surface area contributed by atoms with Gasteiger partial charge in [0.1, 0.15) is 23.3 Å². The number of hydrogen-bond donors (Lipinski definition) is 2. The second kappa shape index (κ2) is 17.6. The fourth-order valence-electron chi connectivity index (χ4n) is 5.34. The minimum absolute atomic E-state index is 0. The maximum absolute atomic E-state index is 13.8. The van der Waals surface area contributed by atoms with E-state index in [4.69, 9.17) is 27.9 Å². The molecular formula is C32H37Cl3F4N6O2. The lowest BCUT2D eigenvalue weighted by atomic mass is 10.1. The number of epoxide rings is 1. The highest BCUT2D eigenvalue weighted by molar-refractivity contribution is 6.18. The van der Waals surface area contributed by atoms with Crippen molar-refractivity contribution in [2.75, 3.05) is 87.1 Å². The first-order chi connectivity index (χ1) is 22.2. The van der Waals surface area contributed by atoms with Crippen LogP contribution in [0.5, 0.6) is 0 Å². The average Bonchev–Trinajstić information content (AvgIpc) is 3.91. The second-order valence-electron chi connectivity index (χ2n) is 11.2. The summed E-state index contributed by atoms with van der Waals surface area (Å²) in [7, 11) is 0. The fraction of sp³-hybridized carbons (Fsp3) is 0.438. The van der Waals surface area contributed by atoms with E-state index in [1.165, 1.54) is 36.4 Å². The number of nitrogens with zero attached hydrogens (tertiary/aromatic N) is 5. The van der Waals surface area contributed by atoms with Gasteiger partial charge in [0, 0.05) is 87.7 Å². The summed E-state index contributed by atoms with van der Waals surface area (Å²) in [5.74, 6) is 0.0865. The van der Waals surface area contributed by atoms with Crippen LogP contribution < -0.4 is 15.1 Å². The third kappa shape index (κ3) is 10.4. The monoisotopic (exact) mass is 718 g/mol. The molecule has 2 aromatic carbocycles. The predicted octanol–water partition coefficient (Wildman–Crippen LogP) is 5.20. The van der Waals surface area contributed by atoms with Crippen molar-refractivity contribution >= 4 is 68.8 Å². The first kappa shape index (κ1) is 37.1. The standard InChI is InChI=1S/C16H18ClF2N3O.C13H13F2N3.C3H5ClO.ClH/c17-9-13(23)10-21-3-5-22(6-4-21)16-14-8-12(18)2-1-11(14)7-15(19)20-16;14-10-2-1-9-7-12(15)17-13(11(9)8-10)18-5-3-16-4-6-18;4-1-3-2-5-3;/h1-2,7-8,13,23H,3-6,9-10H2;1-2,7-8,16H,3-6H2;3H,1-2H2;1H. The molecule has 0 bridgehead atoms. The lowest BCUT2D eigenvalue weighted by Crippen LogP contribution is -2.49. The summed E-state index contributed by atoms with van der Waals surface area (Å²) in [5.41, 5.74) is 0. The van der Waals surface area contributed by atoms with E-state index in [2.05, 4.69) is 20.2 Å². The van der Waals surface area contributed by atoms with E-state index in [0.717, 1.165) is 32.8 Å². The number of aliphatic hydroxyl groups excluding tert-OH is 1. The number of anilines is 2. The quantitative estimate of drug-likeness (QED) is 0.122. The number of pyridine rings is 2. The molecule has 3 aliphatic heterocycles. The molecule has 256 valence electrons. The molecule has 2 unspecified atom stereocenters. The number of β-amino-alcohol motifs (C(OH)–C–C–N with tert-alkyl or cyclic N) is 1. The molecule has 3 aliphatic rings. The molecule has 0 radical (unpaired) electrons. The number of aromatic nitrogens is 2. The Morgan fingerprint density at radius 3 is 1.70 bits per heavy atom. The molecule has 0 spiro atoms. The van der Waals surface area contributed by atoms with Gasteiger partial charge in [0.05, 0.1) is 24.7 Å². The third-order valence-electron chi connectivity index (χ3n) is 7.80. The Morgan fingerprint density at radius 1 is 0.787 bits per heavy atom. The van der Waals surface area contributed by atoms with Gasteiger partial charge in [0.2, 0.25) is 11.9 Å². The minimum Gasteiger partial charge on any atom is -0.391 e. The van der Waals surface area contributed by atoms with Crippen molar-refractivity contribution < 1.29 is 27.4 Å². The molecule has 47 heavy (non-hydrogen) atoms. The van der Waals surface area contributed by atoms with E-state index in [0.29, 0.717) is 77.9 Å². The molecule has 5 heterocycles. The van der Waals surface area contributed by atoms with Gasteiger partial charge in [-0.15, -0.1) is 35.6 Å². The van der Waals surface area contributed by atoms with E-state index >= 15 is 0 Å². The van der Waals surface area contributed by atoms with Crippen LogP contribution in [0.3, 0.4) is 0 Å². The van der Waals surface area contributed by atoms with Crippen LogP contribution in [0.4, 0.5) is 29.2 Å². The van der Waals surface area contributed by atoms with Gasteiger partial charge in [-0.25, -0.2) is 18.7 Å². The number of benzene rings is 2. The lowest BCUT2D eigenvalue weighted by Gasteiger charge is -2.36. The normalized spacial score (nSPS) is 18.5. The zero-order valence-corrected chi connectivity index (χ0v) is 27.9. The van der Waals surface area contributed by atoms with Crippen LogP contribution in [-0.2, 0) is 4.74 Å². The molecule has 3 fully saturated rings. The maximum atomic E-state index is 13.8. The Labute approximate surface area is 287 Å². The van der Waals surface area contributed by atoms with E-state index in [9.17, 15) is 22.7 Å². The fourth-order valence-corrected chi connectivity index (χ4v) is 5.62. The van der Waals surface area contributed by atoms with Crippen molar-refractivity contribution in [3.05, 3.63) is 72.1 Å². The first-order valence-electron chi connectivity index (χ1n) is 15.1. The highest BCUT2D eigenvalue weighted by Gasteiger charge is 2.22. The van der Waals surface area contributed by atoms with Crippen LogP contribution in [0.15, 0.2) is 48.5 Å². The van der Waals surface area contributed by atoms with E-state index in [-0.39, 0.29) is 29.9 Å². The molecule has 15 heteroatoms. The van der Waals surface area contributed by atoms with Crippen molar-refractivity contribution in [1.82, 2.24) is 20.2 Å². The maximum Gasteiger partial charge on any atom is 0.215 e. The van der Waals surface area contributed by atoms with Crippen molar-refractivity contribution in [3.63, 3.8) is 0 Å². The molecule has 2 N–H and O–H groups in total. The van der Waals surface area contributed by atoms with Crippen molar-refractivity contribution in [1.29, 1.82) is 0 Å². The van der Waals surface area contributed by atoms with Gasteiger partial charge in [-0.05, 0) is 35.0 Å². The van der Waals surface area contributed by atoms with Crippen LogP contribution in [0.1, 0.15) is 0 Å². The van der Waals surface area contributed by atoms with Gasteiger partial charge >= 0.3 is 0 Å². The molecule has 2 atom stereocenters. The topological polar surface area (TPSA) is 80.3 Å². The van der Waals surface area contributed by atoms with Gasteiger partial charge < -0.3 is 25.0 Å². The van der Waals surface area contributed by atoms with Gasteiger partial charge in [0.25, 0.3) is 0 Å². The van der Waals surface area contributed by atoms with Crippen LogP contribution >= 0.6 is 35.6 Å². The molecule has 4 aromatic rings. The summed E-state index contributed by atoms with van der Waals surface area (Å²) in [6, 6.07) is 11.2. The number of alkyl halides is 2. The summed E-state index contributed by atoms with van der Waals surface area (Å²) >= 11 is 10.9. The number of hydrogen-bond acceptors (Lipinski definition) is 8. The second-order valence-corrected chi connectivity index (χ2v) is 11.8. The van der Waals surface area contributed by atoms with E-state index in [1.54, 1.807) is 12.1 Å². The number of piperazine rings is 2. The molecule has 0 amide bonds. The van der Waals surface area contributed by atoms with Crippen LogP contribution in [-0.4, -0.2) is 109 Å². The number of fused-ring (bicyclic) bond motifs is 2. The molecule has 0 saturated carbocycles. The molecule has 7 rings (SSSR count). The van der Waals surface area contributed by atoms with Crippen LogP contribution in [0.25, 0.3) is 21.5 Å². The smallest absolute Gasteiger partial charge is 0.215 e. The molecule has 8 nitrogen and oxygen atoms in total. The highest BCUT2D eigenvalue weighted by atomic mass is 35.5. The summed E-state index contributed by atoms with van der Waals surface area (Å²) in [6.45, 7) is 7.25. The van der Waals surface area contributed by atoms with Gasteiger partial charge in [-0.3, -0.25) is 4.90 Å². The predicted molar refractivity (Wildman–Crippen MR) is 181 cm³/mol. The van der Waals surface area contributed by atoms with Crippen LogP contribution in [0.2, 0.25) is 0 Å². The van der Waals surface area contributed by atoms with E-state index in [1.807, 2.05) is 9.80 Å². The number of halogens is 7. The summed E-state index contributed by atoms with van der Waals surface area (Å²) in [5, 5.41) is 15.4. The van der Waals surface area contributed by atoms with Crippen molar-refractivity contribution in [2.45, 2.75) is 12.2 Å². The number of nitrogens with one attached hydrogen (secondary N) is 1. The van der Waals surface area contributed by atoms with Crippen LogP contribution in [0, 0.1) is 23.5 Å². The zero-order chi connectivity index (χ0) is 32.6. The number of ether oxygens (including phenoxy) is 1. The first-order valence-corrected chi connectivity index (χ1v) is 16.2. The Kier molecular flexibility index (Phi) is 13.9. The number of rotatable bonds is 6. The SMILES string of the molecule is Cl.ClCC1CO1.Fc1ccc2cc(F)nc(N3CCNCC3)c2c1.OC(CCl)CN1CCN(c2nc(F)cc3ccc(F)cc23)CC1. The van der Waals surface area contributed by atoms with Crippen molar-refractivity contribution in [2.24, 2.45) is 0 Å². The molecule has 3 saturated heterocycles. The largest absolute Gasteiger partial charge is 0.391 e.